The van der Waals surface area contributed by atoms with Crippen molar-refractivity contribution >= 4 is 17.6 Å². The number of non-ortho nitro benzene ring substituents is 1. The number of nitro benzene ring substituents is 1. The van der Waals surface area contributed by atoms with E-state index in [1.165, 1.54) is 24.3 Å². The Kier molecular flexibility index (Phi) is 5.23. The Morgan fingerprint density at radius 2 is 1.88 bits per heavy atom. The quantitative estimate of drug-likeness (QED) is 0.499. The number of carbonyl (C=O) groups is 2. The van der Waals surface area contributed by atoms with Crippen LogP contribution in [0.1, 0.15) is 22.0 Å². The molecule has 1 heterocycles. The Labute approximate surface area is 148 Å². The van der Waals surface area contributed by atoms with Gasteiger partial charge in [-0.15, -0.1) is 0 Å². The lowest BCUT2D eigenvalue weighted by atomic mass is 10.0. The molecule has 2 unspecified atom stereocenters. The third-order valence-corrected chi connectivity index (χ3v) is 3.92. The van der Waals surface area contributed by atoms with Crippen molar-refractivity contribution in [3.8, 4) is 0 Å². The summed E-state index contributed by atoms with van der Waals surface area (Å²) in [5.41, 5.74) is 0.771. The Bertz CT molecular complexity index is 806. The molecule has 134 valence electrons. The van der Waals surface area contributed by atoms with Gasteiger partial charge in [-0.25, -0.2) is 4.79 Å². The van der Waals surface area contributed by atoms with Crippen molar-refractivity contribution in [3.05, 3.63) is 75.8 Å². The highest BCUT2D eigenvalue weighted by atomic mass is 16.6. The van der Waals surface area contributed by atoms with Crippen LogP contribution in [0.5, 0.6) is 0 Å². The van der Waals surface area contributed by atoms with Crippen LogP contribution in [0.25, 0.3) is 0 Å². The lowest BCUT2D eigenvalue weighted by Gasteiger charge is -2.31. The molecule has 8 nitrogen and oxygen atoms in total. The van der Waals surface area contributed by atoms with E-state index in [-0.39, 0.29) is 30.4 Å². The zero-order valence-corrected chi connectivity index (χ0v) is 13.7. The van der Waals surface area contributed by atoms with Gasteiger partial charge in [-0.3, -0.25) is 14.9 Å². The molecule has 0 saturated carbocycles. The van der Waals surface area contributed by atoms with Crippen molar-refractivity contribution in [3.63, 3.8) is 0 Å². The van der Waals surface area contributed by atoms with E-state index in [9.17, 15) is 19.7 Å². The van der Waals surface area contributed by atoms with Crippen LogP contribution in [0.2, 0.25) is 0 Å². The van der Waals surface area contributed by atoms with Gasteiger partial charge in [-0.05, 0) is 17.7 Å². The fraction of sp³-hybridized carbons (Fsp3) is 0.222. The van der Waals surface area contributed by atoms with Crippen LogP contribution in [0, 0.1) is 10.1 Å². The third kappa shape index (κ3) is 4.04. The predicted octanol–water partition coefficient (Wildman–Crippen LogP) is 2.01. The highest BCUT2D eigenvalue weighted by Crippen LogP contribution is 2.25. The smallest absolute Gasteiger partial charge is 0.338 e. The maximum atomic E-state index is 12.5. The van der Waals surface area contributed by atoms with Gasteiger partial charge in [0.05, 0.1) is 23.1 Å². The lowest BCUT2D eigenvalue weighted by molar-refractivity contribution is -0.384. The Hall–Kier alpha value is -3.26. The second kappa shape index (κ2) is 7.75. The number of hydrogen-bond acceptors (Lipinski definition) is 6. The van der Waals surface area contributed by atoms with Gasteiger partial charge < -0.3 is 14.8 Å². The number of esters is 1. The number of benzene rings is 2. The molecule has 1 N–H and O–H groups in total. The molecule has 2 aromatic carbocycles. The molecule has 3 rings (SSSR count). The Morgan fingerprint density at radius 1 is 1.19 bits per heavy atom. The molecule has 2 aromatic rings. The van der Waals surface area contributed by atoms with Crippen molar-refractivity contribution in [2.24, 2.45) is 0 Å². The fourth-order valence-electron chi connectivity index (χ4n) is 2.66. The molecule has 0 bridgehead atoms. The van der Waals surface area contributed by atoms with Crippen molar-refractivity contribution < 1.29 is 24.0 Å². The van der Waals surface area contributed by atoms with E-state index in [0.717, 1.165) is 0 Å². The van der Waals surface area contributed by atoms with E-state index in [1.807, 2.05) is 6.07 Å². The van der Waals surface area contributed by atoms with Crippen LogP contribution >= 0.6 is 0 Å². The average molecular weight is 356 g/mol. The number of nitrogens with zero attached hydrogens (tertiary/aromatic N) is 1. The summed E-state index contributed by atoms with van der Waals surface area (Å²) in [6, 6.07) is 13.6. The minimum Gasteiger partial charge on any atom is -0.452 e. The van der Waals surface area contributed by atoms with Gasteiger partial charge >= 0.3 is 5.97 Å². The molecule has 1 aliphatic rings. The van der Waals surface area contributed by atoms with Crippen LogP contribution in [0.15, 0.2) is 54.6 Å². The number of carbonyl (C=O) groups excluding carboxylic acids is 2. The zero-order valence-electron chi connectivity index (χ0n) is 13.7. The minimum atomic E-state index is -0.747. The molecule has 0 radical (unpaired) electrons. The average Bonchev–Trinajstić information content (AvgIpc) is 2.66. The molecular weight excluding hydrogens is 340 g/mol. The van der Waals surface area contributed by atoms with Crippen molar-refractivity contribution in [2.75, 3.05) is 13.2 Å². The van der Waals surface area contributed by atoms with Gasteiger partial charge in [0.2, 0.25) is 5.91 Å². The SMILES string of the molecule is O=C1COCC(C(OC(=O)c2ccc([N+](=O)[O-])cc2)c2ccccc2)N1. The normalized spacial score (nSPS) is 17.8. The van der Waals surface area contributed by atoms with E-state index < -0.39 is 23.0 Å². The topological polar surface area (TPSA) is 108 Å². The van der Waals surface area contributed by atoms with Gasteiger partial charge in [0.15, 0.2) is 0 Å². The number of nitrogens with one attached hydrogen (secondary N) is 1. The predicted molar refractivity (Wildman–Crippen MR) is 90.4 cm³/mol. The Morgan fingerprint density at radius 3 is 2.50 bits per heavy atom. The molecular formula is C18H16N2O6. The van der Waals surface area contributed by atoms with Gasteiger partial charge in [0, 0.05) is 12.1 Å². The summed E-state index contributed by atoms with van der Waals surface area (Å²) >= 11 is 0. The molecule has 2 atom stereocenters. The molecule has 26 heavy (non-hydrogen) atoms. The highest BCUT2D eigenvalue weighted by Gasteiger charge is 2.31. The first kappa shape index (κ1) is 17.6. The second-order valence-corrected chi connectivity index (χ2v) is 5.73. The first-order chi connectivity index (χ1) is 12.5. The van der Waals surface area contributed by atoms with Gasteiger partial charge in [-0.2, -0.15) is 0 Å². The Balaban J connectivity index is 1.81. The lowest BCUT2D eigenvalue weighted by Crippen LogP contribution is -2.49. The van der Waals surface area contributed by atoms with E-state index in [0.29, 0.717) is 5.56 Å². The van der Waals surface area contributed by atoms with Crippen LogP contribution in [-0.2, 0) is 14.3 Å². The number of morpholine rings is 1. The van der Waals surface area contributed by atoms with Crippen LogP contribution < -0.4 is 5.32 Å². The largest absolute Gasteiger partial charge is 0.452 e. The number of rotatable bonds is 5. The molecule has 1 fully saturated rings. The zero-order chi connectivity index (χ0) is 18.5. The first-order valence-corrected chi connectivity index (χ1v) is 7.92. The van der Waals surface area contributed by atoms with E-state index in [1.54, 1.807) is 24.3 Å². The first-order valence-electron chi connectivity index (χ1n) is 7.92. The van der Waals surface area contributed by atoms with Crippen molar-refractivity contribution in [2.45, 2.75) is 12.1 Å². The van der Waals surface area contributed by atoms with Crippen molar-refractivity contribution in [1.82, 2.24) is 5.32 Å². The van der Waals surface area contributed by atoms with Crippen LogP contribution in [0.4, 0.5) is 5.69 Å². The molecule has 1 saturated heterocycles. The molecule has 0 aromatic heterocycles. The summed E-state index contributed by atoms with van der Waals surface area (Å²) in [6.07, 6.45) is -0.747. The minimum absolute atomic E-state index is 0.0334. The summed E-state index contributed by atoms with van der Waals surface area (Å²) in [5.74, 6) is -0.929. The van der Waals surface area contributed by atoms with E-state index >= 15 is 0 Å². The van der Waals surface area contributed by atoms with Gasteiger partial charge in [0.1, 0.15) is 12.7 Å². The summed E-state index contributed by atoms with van der Waals surface area (Å²) < 4.78 is 10.9. The number of nitro groups is 1. The molecule has 8 heteroatoms. The summed E-state index contributed by atoms with van der Waals surface area (Å²) in [6.45, 7) is 0.174. The third-order valence-electron chi connectivity index (χ3n) is 3.92. The number of amides is 1. The number of hydrogen-bond donors (Lipinski definition) is 1. The number of ether oxygens (including phenoxy) is 2. The summed E-state index contributed by atoms with van der Waals surface area (Å²) in [4.78, 5) is 34.3. The maximum absolute atomic E-state index is 12.5. The monoisotopic (exact) mass is 356 g/mol. The van der Waals surface area contributed by atoms with Gasteiger partial charge in [-0.1, -0.05) is 30.3 Å². The van der Waals surface area contributed by atoms with E-state index in [2.05, 4.69) is 5.32 Å². The molecule has 1 aliphatic heterocycles. The summed E-state index contributed by atoms with van der Waals surface area (Å²) in [7, 11) is 0. The molecule has 1 amide bonds. The standard InChI is InChI=1S/C18H16N2O6/c21-16-11-25-10-15(19-16)17(12-4-2-1-3-5-12)26-18(22)13-6-8-14(9-7-13)20(23)24/h1-9,15,17H,10-11H2,(H,19,21). The van der Waals surface area contributed by atoms with E-state index in [4.69, 9.17) is 9.47 Å². The second-order valence-electron chi connectivity index (χ2n) is 5.73. The highest BCUT2D eigenvalue weighted by molar-refractivity contribution is 5.90. The summed E-state index contributed by atoms with van der Waals surface area (Å²) in [5, 5.41) is 13.5. The maximum Gasteiger partial charge on any atom is 0.338 e. The van der Waals surface area contributed by atoms with Crippen LogP contribution in [0.3, 0.4) is 0 Å². The molecule has 0 spiro atoms. The molecule has 0 aliphatic carbocycles. The van der Waals surface area contributed by atoms with Gasteiger partial charge in [0.25, 0.3) is 5.69 Å². The van der Waals surface area contributed by atoms with Crippen LogP contribution in [-0.4, -0.2) is 36.1 Å². The van der Waals surface area contributed by atoms with Crippen molar-refractivity contribution in [1.29, 1.82) is 0 Å². The fourth-order valence-corrected chi connectivity index (χ4v) is 2.66.